The van der Waals surface area contributed by atoms with E-state index in [-0.39, 0.29) is 0 Å². The Hall–Kier alpha value is -2.14. The van der Waals surface area contributed by atoms with Crippen LogP contribution >= 0.6 is 0 Å². The van der Waals surface area contributed by atoms with Gasteiger partial charge in [-0.1, -0.05) is 25.0 Å². The molecule has 2 atom stereocenters. The Morgan fingerprint density at radius 1 is 1.25 bits per heavy atom. The second kappa shape index (κ2) is 8.64. The normalized spacial score (nSPS) is 21.1. The molecule has 1 N–H and O–H groups in total. The molecule has 0 spiro atoms. The number of carbonyl (C=O) groups excluding carboxylic acids is 1. The molecule has 1 saturated carbocycles. The highest BCUT2D eigenvalue weighted by molar-refractivity contribution is 5.91. The molecule has 0 amide bonds. The summed E-state index contributed by atoms with van der Waals surface area (Å²) >= 11 is 0. The maximum atomic E-state index is 11.6. The summed E-state index contributed by atoms with van der Waals surface area (Å²) in [6, 6.07) is 7.61. The molecule has 5 nitrogen and oxygen atoms in total. The van der Waals surface area contributed by atoms with Gasteiger partial charge in [-0.25, -0.2) is 9.59 Å². The van der Waals surface area contributed by atoms with Crippen molar-refractivity contribution >= 4 is 11.9 Å². The zero-order valence-electron chi connectivity index (χ0n) is 14.3. The molecule has 0 radical (unpaired) electrons. The number of benzene rings is 1. The molecule has 0 heterocycles. The summed E-state index contributed by atoms with van der Waals surface area (Å²) in [5.74, 6) is -0.319. The number of hydrogen-bond acceptors (Lipinski definition) is 4. The molecule has 0 aliphatic heterocycles. The van der Waals surface area contributed by atoms with E-state index in [2.05, 4.69) is 25.1 Å². The van der Waals surface area contributed by atoms with Crippen molar-refractivity contribution in [1.82, 2.24) is 4.90 Å². The van der Waals surface area contributed by atoms with E-state index in [0.29, 0.717) is 17.6 Å². The highest BCUT2D eigenvalue weighted by atomic mass is 16.5. The number of hydrogen-bond donors (Lipinski definition) is 1. The second-order valence-electron chi connectivity index (χ2n) is 6.58. The summed E-state index contributed by atoms with van der Waals surface area (Å²) in [6.07, 6.45) is 6.55. The first-order chi connectivity index (χ1) is 11.5. The Morgan fingerprint density at radius 3 is 2.71 bits per heavy atom. The fourth-order valence-corrected chi connectivity index (χ4v) is 3.43. The van der Waals surface area contributed by atoms with Crippen molar-refractivity contribution < 1.29 is 19.4 Å². The first kappa shape index (κ1) is 18.2. The van der Waals surface area contributed by atoms with Crippen LogP contribution in [0.2, 0.25) is 0 Å². The third-order valence-electron chi connectivity index (χ3n) is 4.38. The minimum atomic E-state index is -1.17. The smallest absolute Gasteiger partial charge is 0.336 e. The van der Waals surface area contributed by atoms with Gasteiger partial charge in [0.2, 0.25) is 0 Å². The molecule has 1 aromatic rings. The first-order valence-corrected chi connectivity index (χ1v) is 8.33. The number of esters is 1. The fourth-order valence-electron chi connectivity index (χ4n) is 3.43. The largest absolute Gasteiger partial charge is 0.478 e. The van der Waals surface area contributed by atoms with E-state index in [1.54, 1.807) is 6.07 Å². The molecule has 1 aliphatic carbocycles. The van der Waals surface area contributed by atoms with Crippen molar-refractivity contribution in [1.29, 1.82) is 0 Å². The van der Waals surface area contributed by atoms with Gasteiger partial charge in [0, 0.05) is 18.7 Å². The van der Waals surface area contributed by atoms with Gasteiger partial charge in [-0.2, -0.15) is 0 Å². The Balaban J connectivity index is 2.10. The lowest BCUT2D eigenvalue weighted by atomic mass is 9.75. The molecule has 1 aliphatic rings. The zero-order chi connectivity index (χ0) is 17.5. The molecule has 2 rings (SSSR count). The molecule has 5 heteroatoms. The Morgan fingerprint density at radius 2 is 2.00 bits per heavy atom. The third-order valence-corrected chi connectivity index (χ3v) is 4.38. The van der Waals surface area contributed by atoms with E-state index in [1.165, 1.54) is 24.8 Å². The number of aliphatic carboxylic acids is 1. The predicted octanol–water partition coefficient (Wildman–Crippen LogP) is 3.07. The van der Waals surface area contributed by atoms with Crippen molar-refractivity contribution in [3.63, 3.8) is 0 Å². The van der Waals surface area contributed by atoms with E-state index in [1.807, 2.05) is 12.1 Å². The summed E-state index contributed by atoms with van der Waals surface area (Å²) in [5.41, 5.74) is 1.19. The standard InChI is InChI=1S/C19H25NO4/c1-20(2)13-15-6-3-4-9-17(15)14-7-5-8-16(12-14)24-19(23)11-10-18(21)22/h5,7-8,10-12,15,17H,3-4,6,9,13H2,1-2H3,(H,21,22)/b11-10-. The quantitative estimate of drug-likeness (QED) is 0.493. The number of rotatable bonds is 6. The predicted molar refractivity (Wildman–Crippen MR) is 92.1 cm³/mol. The third kappa shape index (κ3) is 5.49. The minimum absolute atomic E-state index is 0.460. The van der Waals surface area contributed by atoms with Crippen molar-refractivity contribution in [2.75, 3.05) is 20.6 Å². The van der Waals surface area contributed by atoms with Crippen LogP contribution in [0.25, 0.3) is 0 Å². The van der Waals surface area contributed by atoms with E-state index in [9.17, 15) is 9.59 Å². The lowest BCUT2D eigenvalue weighted by Crippen LogP contribution is -2.28. The van der Waals surface area contributed by atoms with Gasteiger partial charge >= 0.3 is 11.9 Å². The number of ether oxygens (including phenoxy) is 1. The average molecular weight is 331 g/mol. The number of carboxylic acids is 1. The second-order valence-corrected chi connectivity index (χ2v) is 6.58. The van der Waals surface area contributed by atoms with Gasteiger partial charge in [-0.05, 0) is 56.5 Å². The maximum Gasteiger partial charge on any atom is 0.336 e. The van der Waals surface area contributed by atoms with Crippen molar-refractivity contribution in [2.45, 2.75) is 31.6 Å². The Bertz CT molecular complexity index is 609. The molecule has 2 unspecified atom stereocenters. The number of carboxylic acid groups (broad SMARTS) is 1. The van der Waals surface area contributed by atoms with Crippen LogP contribution in [-0.2, 0) is 9.59 Å². The molecule has 0 aromatic heterocycles. The molecule has 1 aromatic carbocycles. The monoisotopic (exact) mass is 331 g/mol. The molecular formula is C19H25NO4. The van der Waals surface area contributed by atoms with Gasteiger partial charge in [0.1, 0.15) is 5.75 Å². The zero-order valence-corrected chi connectivity index (χ0v) is 14.3. The van der Waals surface area contributed by atoms with Crippen LogP contribution in [0.4, 0.5) is 0 Å². The van der Waals surface area contributed by atoms with Crippen LogP contribution in [0.1, 0.15) is 37.2 Å². The Labute approximate surface area is 142 Å². The summed E-state index contributed by atoms with van der Waals surface area (Å²) < 4.78 is 5.21. The average Bonchev–Trinajstić information content (AvgIpc) is 2.53. The molecule has 0 saturated heterocycles. The number of nitrogens with zero attached hydrogens (tertiary/aromatic N) is 1. The van der Waals surface area contributed by atoms with Gasteiger partial charge in [-0.15, -0.1) is 0 Å². The highest BCUT2D eigenvalue weighted by Gasteiger charge is 2.27. The summed E-state index contributed by atoms with van der Waals surface area (Å²) in [4.78, 5) is 24.3. The van der Waals surface area contributed by atoms with E-state index >= 15 is 0 Å². The van der Waals surface area contributed by atoms with Crippen molar-refractivity contribution in [2.24, 2.45) is 5.92 Å². The minimum Gasteiger partial charge on any atom is -0.478 e. The van der Waals surface area contributed by atoms with Gasteiger partial charge in [0.25, 0.3) is 0 Å². The molecular weight excluding hydrogens is 306 g/mol. The van der Waals surface area contributed by atoms with Gasteiger partial charge in [0.05, 0.1) is 0 Å². The first-order valence-electron chi connectivity index (χ1n) is 8.33. The molecule has 24 heavy (non-hydrogen) atoms. The van der Waals surface area contributed by atoms with Crippen LogP contribution in [-0.4, -0.2) is 42.6 Å². The van der Waals surface area contributed by atoms with Gasteiger partial charge in [0.15, 0.2) is 0 Å². The van der Waals surface area contributed by atoms with Crippen molar-refractivity contribution in [3.05, 3.63) is 42.0 Å². The molecule has 130 valence electrons. The summed E-state index contributed by atoms with van der Waals surface area (Å²) in [6.45, 7) is 1.05. The highest BCUT2D eigenvalue weighted by Crippen LogP contribution is 2.39. The van der Waals surface area contributed by atoms with Gasteiger partial charge < -0.3 is 14.7 Å². The van der Waals surface area contributed by atoms with Crippen LogP contribution in [0.15, 0.2) is 36.4 Å². The topological polar surface area (TPSA) is 66.8 Å². The van der Waals surface area contributed by atoms with Crippen LogP contribution in [0.5, 0.6) is 5.75 Å². The lowest BCUT2D eigenvalue weighted by Gasteiger charge is -2.34. The van der Waals surface area contributed by atoms with Crippen LogP contribution < -0.4 is 4.74 Å². The van der Waals surface area contributed by atoms with Gasteiger partial charge in [-0.3, -0.25) is 0 Å². The van der Waals surface area contributed by atoms with Crippen molar-refractivity contribution in [3.8, 4) is 5.75 Å². The lowest BCUT2D eigenvalue weighted by molar-refractivity contribution is -0.133. The molecule has 0 bridgehead atoms. The fraction of sp³-hybridized carbons (Fsp3) is 0.474. The number of carbonyl (C=O) groups is 2. The SMILES string of the molecule is CN(C)CC1CCCCC1c1cccc(OC(=O)/C=C\C(=O)O)c1. The van der Waals surface area contributed by atoms with Crippen LogP contribution in [0.3, 0.4) is 0 Å². The summed E-state index contributed by atoms with van der Waals surface area (Å²) in [7, 11) is 4.19. The van der Waals surface area contributed by atoms with E-state index in [4.69, 9.17) is 9.84 Å². The van der Waals surface area contributed by atoms with Crippen LogP contribution in [0, 0.1) is 5.92 Å². The Kier molecular flexibility index (Phi) is 6.55. The van der Waals surface area contributed by atoms with E-state index < -0.39 is 11.9 Å². The van der Waals surface area contributed by atoms with E-state index in [0.717, 1.165) is 25.1 Å². The summed E-state index contributed by atoms with van der Waals surface area (Å²) in [5, 5.41) is 8.55. The maximum absolute atomic E-state index is 11.6. The molecule has 1 fully saturated rings.